The Hall–Kier alpha value is -4.75. The third-order valence-corrected chi connectivity index (χ3v) is 6.54. The van der Waals surface area contributed by atoms with Crippen LogP contribution in [0.4, 0.5) is 5.82 Å². The van der Waals surface area contributed by atoms with Crippen LogP contribution in [-0.4, -0.2) is 64.4 Å². The van der Waals surface area contributed by atoms with Crippen LogP contribution in [0.2, 0.25) is 0 Å². The molecule has 1 unspecified atom stereocenters. The highest BCUT2D eigenvalue weighted by molar-refractivity contribution is 5.95. The lowest BCUT2D eigenvalue weighted by Gasteiger charge is -2.22. The normalized spacial score (nSPS) is 17.8. The number of anilines is 1. The molecule has 4 heterocycles. The highest BCUT2D eigenvalue weighted by atomic mass is 16.5. The molecule has 40 heavy (non-hydrogen) atoms. The second kappa shape index (κ2) is 13.9. The Morgan fingerprint density at radius 1 is 1.38 bits per heavy atom. The highest BCUT2D eigenvalue weighted by Gasteiger charge is 2.33. The first-order chi connectivity index (χ1) is 19.6. The molecule has 3 N–H and O–H groups in total. The fraction of sp³-hybridized carbons (Fsp3) is 0.300. The number of aliphatic imine (C=N–C) groups is 1. The lowest BCUT2D eigenvalue weighted by atomic mass is 10.1. The Kier molecular flexibility index (Phi) is 9.80. The zero-order valence-corrected chi connectivity index (χ0v) is 22.7. The summed E-state index contributed by atoms with van der Waals surface area (Å²) in [4.78, 5) is 28.6. The van der Waals surface area contributed by atoms with Crippen molar-refractivity contribution in [2.24, 2.45) is 4.99 Å². The summed E-state index contributed by atoms with van der Waals surface area (Å²) >= 11 is 0. The molecule has 4 rings (SSSR count). The predicted octanol–water partition coefficient (Wildman–Crippen LogP) is 3.70. The number of fused-ring (bicyclic) bond motifs is 1. The molecule has 10 heteroatoms. The standard InChI is InChI=1S/C30H34N8O2/c1-3-9-23(11-4-5-14-33-25-20-22(21-31)10-6-15-34-25)27-28-29(32)35-16-18-38(28)30(36-27)24-12-7-17-37(24)26(39)13-8-19-40-2/h3-4,6,8-11,13,16,18,20,24H,1,5,7,12,14-15,17,19H2,2H3,(H2,32,35)(H,33,34)/b11-4-,13-8+,23-9+. The number of amidine groups is 1. The number of nitrogens with one attached hydrogen (secondary N) is 1. The van der Waals surface area contributed by atoms with Gasteiger partial charge in [0.1, 0.15) is 28.7 Å². The topological polar surface area (TPSA) is 134 Å². The fourth-order valence-corrected chi connectivity index (χ4v) is 4.75. The summed E-state index contributed by atoms with van der Waals surface area (Å²) in [5, 5.41) is 12.5. The number of carbonyl (C=O) groups excluding carboxylic acids is 1. The van der Waals surface area contributed by atoms with Crippen molar-refractivity contribution in [3.05, 3.63) is 90.7 Å². The minimum absolute atomic E-state index is 0.0695. The monoisotopic (exact) mass is 538 g/mol. The van der Waals surface area contributed by atoms with Crippen LogP contribution < -0.4 is 11.1 Å². The molecule has 0 saturated carbocycles. The average Bonchev–Trinajstić information content (AvgIpc) is 3.52. The molecule has 0 spiro atoms. The molecule has 2 aromatic rings. The minimum Gasteiger partial charge on any atom is -0.382 e. The van der Waals surface area contributed by atoms with Gasteiger partial charge >= 0.3 is 0 Å². The second-order valence-corrected chi connectivity index (χ2v) is 9.21. The van der Waals surface area contributed by atoms with Gasteiger partial charge in [-0.05, 0) is 31.4 Å². The van der Waals surface area contributed by atoms with Crippen molar-refractivity contribution in [2.45, 2.75) is 25.3 Å². The molecule has 0 bridgehead atoms. The number of imidazole rings is 1. The largest absolute Gasteiger partial charge is 0.382 e. The van der Waals surface area contributed by atoms with E-state index in [0.717, 1.165) is 24.2 Å². The van der Waals surface area contributed by atoms with E-state index in [4.69, 9.17) is 15.5 Å². The number of rotatable bonds is 10. The maximum Gasteiger partial charge on any atom is 0.246 e. The molecular weight excluding hydrogens is 504 g/mol. The molecule has 1 fully saturated rings. The Morgan fingerprint density at radius 3 is 3.05 bits per heavy atom. The smallest absolute Gasteiger partial charge is 0.246 e. The van der Waals surface area contributed by atoms with Crippen LogP contribution in [0.5, 0.6) is 0 Å². The number of allylic oxidation sites excluding steroid dienone is 6. The quantitative estimate of drug-likeness (QED) is 0.268. The number of nitrogen functional groups attached to an aromatic ring is 1. The molecule has 1 atom stereocenters. The Labute approximate surface area is 234 Å². The Bertz CT molecular complexity index is 1470. The number of nitrogens with zero attached hydrogens (tertiary/aromatic N) is 6. The van der Waals surface area contributed by atoms with Crippen molar-refractivity contribution in [3.8, 4) is 6.07 Å². The van der Waals surface area contributed by atoms with Gasteiger partial charge in [-0.15, -0.1) is 0 Å². The summed E-state index contributed by atoms with van der Waals surface area (Å²) in [5.74, 6) is 1.72. The van der Waals surface area contributed by atoms with E-state index < -0.39 is 0 Å². The van der Waals surface area contributed by atoms with E-state index in [-0.39, 0.29) is 11.9 Å². The number of ether oxygens (including phenoxy) is 1. The zero-order valence-electron chi connectivity index (χ0n) is 22.7. The SMILES string of the molecule is C=C/C=C(\C=C/CCNC1=NCC=CC(C#N)=C1)c1nc(C2CCCN2C(=O)/C=C/COC)n2ccnc(N)c12. The van der Waals surface area contributed by atoms with E-state index >= 15 is 0 Å². The van der Waals surface area contributed by atoms with Crippen molar-refractivity contribution < 1.29 is 9.53 Å². The first kappa shape index (κ1) is 28.3. The maximum atomic E-state index is 13.0. The van der Waals surface area contributed by atoms with Crippen LogP contribution in [0, 0.1) is 11.3 Å². The summed E-state index contributed by atoms with van der Waals surface area (Å²) < 4.78 is 6.98. The highest BCUT2D eigenvalue weighted by Crippen LogP contribution is 2.35. The average molecular weight is 539 g/mol. The molecule has 0 radical (unpaired) electrons. The zero-order chi connectivity index (χ0) is 28.3. The minimum atomic E-state index is -0.192. The first-order valence-electron chi connectivity index (χ1n) is 13.2. The summed E-state index contributed by atoms with van der Waals surface area (Å²) in [6.45, 7) is 6.09. The van der Waals surface area contributed by atoms with Crippen molar-refractivity contribution in [3.63, 3.8) is 0 Å². The molecular formula is C30H34N8O2. The van der Waals surface area contributed by atoms with Gasteiger partial charge in [0.15, 0.2) is 0 Å². The van der Waals surface area contributed by atoms with E-state index in [0.29, 0.717) is 61.1 Å². The number of methoxy groups -OCH3 is 1. The lowest BCUT2D eigenvalue weighted by molar-refractivity contribution is -0.127. The Balaban J connectivity index is 1.57. The molecule has 2 aromatic heterocycles. The predicted molar refractivity (Wildman–Crippen MR) is 157 cm³/mol. The van der Waals surface area contributed by atoms with Crippen molar-refractivity contribution >= 4 is 28.7 Å². The molecule has 2 aliphatic heterocycles. The molecule has 10 nitrogen and oxygen atoms in total. The van der Waals surface area contributed by atoms with Crippen LogP contribution in [0.15, 0.2) is 84.2 Å². The number of likely N-dealkylation sites (tertiary alicyclic amines) is 1. The van der Waals surface area contributed by atoms with E-state index in [2.05, 4.69) is 27.9 Å². The van der Waals surface area contributed by atoms with Crippen LogP contribution in [-0.2, 0) is 9.53 Å². The van der Waals surface area contributed by atoms with Crippen molar-refractivity contribution in [1.82, 2.24) is 24.6 Å². The molecule has 2 aliphatic rings. The van der Waals surface area contributed by atoms with E-state index in [9.17, 15) is 10.1 Å². The molecule has 0 aliphatic carbocycles. The lowest BCUT2D eigenvalue weighted by Crippen LogP contribution is -2.30. The summed E-state index contributed by atoms with van der Waals surface area (Å²) in [5.41, 5.74) is 9.13. The van der Waals surface area contributed by atoms with Gasteiger partial charge in [0.25, 0.3) is 0 Å². The molecule has 206 valence electrons. The van der Waals surface area contributed by atoms with Crippen LogP contribution in [0.25, 0.3) is 11.1 Å². The number of amides is 1. The van der Waals surface area contributed by atoms with Gasteiger partial charge in [-0.3, -0.25) is 14.2 Å². The van der Waals surface area contributed by atoms with Gasteiger partial charge in [0, 0.05) is 44.2 Å². The van der Waals surface area contributed by atoms with Crippen LogP contribution in [0.3, 0.4) is 0 Å². The molecule has 1 amide bonds. The first-order valence-corrected chi connectivity index (χ1v) is 13.2. The second-order valence-electron chi connectivity index (χ2n) is 9.21. The summed E-state index contributed by atoms with van der Waals surface area (Å²) in [6.07, 6.45) is 22.2. The maximum absolute atomic E-state index is 13.0. The van der Waals surface area contributed by atoms with Gasteiger partial charge in [-0.25, -0.2) is 9.97 Å². The van der Waals surface area contributed by atoms with E-state index in [1.807, 2.05) is 39.8 Å². The van der Waals surface area contributed by atoms with E-state index in [1.54, 1.807) is 43.7 Å². The van der Waals surface area contributed by atoms with Crippen LogP contribution in [0.1, 0.15) is 36.8 Å². The summed E-state index contributed by atoms with van der Waals surface area (Å²) in [7, 11) is 1.59. The van der Waals surface area contributed by atoms with Gasteiger partial charge in [0.05, 0.1) is 30.8 Å². The van der Waals surface area contributed by atoms with Crippen LogP contribution >= 0.6 is 0 Å². The van der Waals surface area contributed by atoms with E-state index in [1.165, 1.54) is 0 Å². The Morgan fingerprint density at radius 2 is 2.25 bits per heavy atom. The molecule has 0 aromatic carbocycles. The third kappa shape index (κ3) is 6.62. The number of carbonyl (C=O) groups is 1. The van der Waals surface area contributed by atoms with Gasteiger partial charge in [-0.1, -0.05) is 43.0 Å². The van der Waals surface area contributed by atoms with Gasteiger partial charge in [0.2, 0.25) is 5.91 Å². The fourth-order valence-electron chi connectivity index (χ4n) is 4.75. The molecule has 1 saturated heterocycles. The summed E-state index contributed by atoms with van der Waals surface area (Å²) in [6, 6.07) is 1.96. The number of aromatic nitrogens is 3. The third-order valence-electron chi connectivity index (χ3n) is 6.54. The van der Waals surface area contributed by atoms with Crippen molar-refractivity contribution in [2.75, 3.05) is 39.1 Å². The number of nitriles is 1. The number of nitrogens with two attached hydrogens (primary N) is 1. The van der Waals surface area contributed by atoms with Crippen molar-refractivity contribution in [1.29, 1.82) is 5.26 Å². The van der Waals surface area contributed by atoms with Gasteiger partial charge < -0.3 is 20.7 Å². The number of hydrogen-bond acceptors (Lipinski definition) is 8. The van der Waals surface area contributed by atoms with Gasteiger partial charge in [-0.2, -0.15) is 5.26 Å². The number of hydrogen-bond donors (Lipinski definition) is 2.